The van der Waals surface area contributed by atoms with E-state index in [-0.39, 0.29) is 16.7 Å². The molecule has 2 aliphatic heterocycles. The summed E-state index contributed by atoms with van der Waals surface area (Å²) in [6.07, 6.45) is 3.09. The van der Waals surface area contributed by atoms with Gasteiger partial charge in [-0.3, -0.25) is 9.59 Å². The lowest BCUT2D eigenvalue weighted by atomic mass is 10.00. The zero-order valence-corrected chi connectivity index (χ0v) is 18.0. The Kier molecular flexibility index (Phi) is 5.32. The highest BCUT2D eigenvalue weighted by atomic mass is 32.2. The Morgan fingerprint density at radius 2 is 1.52 bits per heavy atom. The number of likely N-dealkylation sites (tertiary alicyclic amines) is 1. The van der Waals surface area contributed by atoms with Gasteiger partial charge < -0.3 is 14.2 Å². The number of hydrogen-bond donors (Lipinski definition) is 0. The molecule has 0 saturated carbocycles. The highest BCUT2D eigenvalue weighted by molar-refractivity contribution is 8.00. The third kappa shape index (κ3) is 3.76. The van der Waals surface area contributed by atoms with Crippen LogP contribution in [0.25, 0.3) is 11.1 Å². The molecule has 0 atom stereocenters. The molecule has 5 nitrogen and oxygen atoms in total. The van der Waals surface area contributed by atoms with Gasteiger partial charge in [-0.2, -0.15) is 0 Å². The number of thioether (sulfide) groups is 1. The fourth-order valence-electron chi connectivity index (χ4n) is 4.52. The van der Waals surface area contributed by atoms with Crippen LogP contribution in [-0.2, 0) is 0 Å². The molecule has 3 heterocycles. The van der Waals surface area contributed by atoms with Gasteiger partial charge in [-0.15, -0.1) is 11.8 Å². The van der Waals surface area contributed by atoms with Crippen molar-refractivity contribution < 1.29 is 14.0 Å². The van der Waals surface area contributed by atoms with E-state index < -0.39 is 0 Å². The van der Waals surface area contributed by atoms with Gasteiger partial charge in [0, 0.05) is 31.0 Å². The molecule has 6 heteroatoms. The van der Waals surface area contributed by atoms with Gasteiger partial charge in [-0.05, 0) is 48.2 Å². The van der Waals surface area contributed by atoms with Crippen molar-refractivity contribution in [3.63, 3.8) is 0 Å². The molecule has 1 spiro atoms. The fraction of sp³-hybridized carbons (Fsp3) is 0.280. The molecule has 0 radical (unpaired) electrons. The number of furan rings is 1. The number of hydrogen-bond acceptors (Lipinski definition) is 4. The molecular formula is C25H24N2O3S. The summed E-state index contributed by atoms with van der Waals surface area (Å²) >= 11 is 1.83. The molecule has 158 valence electrons. The second-order valence-electron chi connectivity index (χ2n) is 7.96. The number of carbonyl (C=O) groups excluding carboxylic acids is 2. The van der Waals surface area contributed by atoms with E-state index in [2.05, 4.69) is 12.1 Å². The zero-order chi connectivity index (χ0) is 21.3. The van der Waals surface area contributed by atoms with E-state index in [9.17, 15) is 9.59 Å². The van der Waals surface area contributed by atoms with Gasteiger partial charge in [0.05, 0.1) is 11.1 Å². The summed E-state index contributed by atoms with van der Waals surface area (Å²) in [6.45, 7) is 2.02. The minimum atomic E-state index is -0.238. The van der Waals surface area contributed by atoms with Gasteiger partial charge in [0.15, 0.2) is 5.76 Å². The van der Waals surface area contributed by atoms with Crippen LogP contribution in [0.2, 0.25) is 0 Å². The minimum absolute atomic E-state index is 0.0497. The van der Waals surface area contributed by atoms with Gasteiger partial charge in [0.25, 0.3) is 11.8 Å². The summed E-state index contributed by atoms with van der Waals surface area (Å²) < 4.78 is 5.34. The zero-order valence-electron chi connectivity index (χ0n) is 17.2. The van der Waals surface area contributed by atoms with Gasteiger partial charge >= 0.3 is 0 Å². The third-order valence-electron chi connectivity index (χ3n) is 6.23. The molecule has 2 fully saturated rings. The smallest absolute Gasteiger partial charge is 0.290 e. The standard InChI is InChI=1S/C25H24N2O3S/c28-23(21-10-8-20(9-11-21)19-5-2-1-3-6-19)26-14-12-25(13-15-26)27(16-18-31-25)24(29)22-7-4-17-30-22/h1-11,17H,12-16,18H2. The van der Waals surface area contributed by atoms with Crippen LogP contribution in [0.4, 0.5) is 0 Å². The van der Waals surface area contributed by atoms with Crippen molar-refractivity contribution in [2.45, 2.75) is 17.7 Å². The molecule has 31 heavy (non-hydrogen) atoms. The molecule has 0 N–H and O–H groups in total. The molecule has 0 unspecified atom stereocenters. The number of rotatable bonds is 3. The maximum atomic E-state index is 13.1. The molecule has 1 aromatic heterocycles. The SMILES string of the molecule is O=C(c1ccc(-c2ccccc2)cc1)N1CCC2(CC1)SCCN2C(=O)c1ccco1. The van der Waals surface area contributed by atoms with Crippen LogP contribution < -0.4 is 0 Å². The molecule has 2 amide bonds. The summed E-state index contributed by atoms with van der Waals surface area (Å²) in [4.78, 5) is 29.6. The first-order valence-corrected chi connectivity index (χ1v) is 11.6. The van der Waals surface area contributed by atoms with Crippen molar-refractivity contribution in [1.82, 2.24) is 9.80 Å². The first-order chi connectivity index (χ1) is 15.2. The van der Waals surface area contributed by atoms with E-state index in [1.807, 2.05) is 64.0 Å². The lowest BCUT2D eigenvalue weighted by Gasteiger charge is -2.43. The highest BCUT2D eigenvalue weighted by Crippen LogP contribution is 2.44. The summed E-state index contributed by atoms with van der Waals surface area (Å²) in [5.41, 5.74) is 2.95. The van der Waals surface area contributed by atoms with Crippen LogP contribution in [0.5, 0.6) is 0 Å². The number of piperidine rings is 1. The lowest BCUT2D eigenvalue weighted by molar-refractivity contribution is 0.0477. The monoisotopic (exact) mass is 432 g/mol. The number of amides is 2. The van der Waals surface area contributed by atoms with E-state index >= 15 is 0 Å². The topological polar surface area (TPSA) is 53.8 Å². The normalized spacial score (nSPS) is 17.8. The maximum Gasteiger partial charge on any atom is 0.290 e. The van der Waals surface area contributed by atoms with Gasteiger partial charge in [0.2, 0.25) is 0 Å². The van der Waals surface area contributed by atoms with Crippen LogP contribution in [0.1, 0.15) is 33.8 Å². The Balaban J connectivity index is 1.26. The Morgan fingerprint density at radius 1 is 0.806 bits per heavy atom. The average molecular weight is 433 g/mol. The number of benzene rings is 2. The average Bonchev–Trinajstić information content (AvgIpc) is 3.50. The molecular weight excluding hydrogens is 408 g/mol. The molecule has 5 rings (SSSR count). The predicted octanol–water partition coefficient (Wildman–Crippen LogP) is 4.77. The first-order valence-electron chi connectivity index (χ1n) is 10.6. The van der Waals surface area contributed by atoms with Crippen molar-refractivity contribution in [3.8, 4) is 11.1 Å². The van der Waals surface area contributed by atoms with Crippen LogP contribution in [0.3, 0.4) is 0 Å². The van der Waals surface area contributed by atoms with Crippen molar-refractivity contribution in [2.24, 2.45) is 0 Å². The van der Waals surface area contributed by atoms with Crippen LogP contribution in [0.15, 0.2) is 77.4 Å². The quantitative estimate of drug-likeness (QED) is 0.598. The van der Waals surface area contributed by atoms with Crippen molar-refractivity contribution in [1.29, 1.82) is 0 Å². The predicted molar refractivity (Wildman–Crippen MR) is 122 cm³/mol. The van der Waals surface area contributed by atoms with E-state index in [1.54, 1.807) is 12.1 Å². The Hall–Kier alpha value is -2.99. The fourth-order valence-corrected chi connectivity index (χ4v) is 5.98. The molecule has 0 bridgehead atoms. The van der Waals surface area contributed by atoms with E-state index in [0.717, 1.165) is 36.3 Å². The summed E-state index contributed by atoms with van der Waals surface area (Å²) in [7, 11) is 0. The van der Waals surface area contributed by atoms with E-state index in [1.165, 1.54) is 6.26 Å². The molecule has 2 aliphatic rings. The largest absolute Gasteiger partial charge is 0.459 e. The Morgan fingerprint density at radius 3 is 2.19 bits per heavy atom. The van der Waals surface area contributed by atoms with Gasteiger partial charge in [0.1, 0.15) is 0 Å². The van der Waals surface area contributed by atoms with Crippen molar-refractivity contribution in [3.05, 3.63) is 84.3 Å². The minimum Gasteiger partial charge on any atom is -0.459 e. The number of carbonyl (C=O) groups is 2. The first kappa shape index (κ1) is 19.9. The second kappa shape index (κ2) is 8.27. The molecule has 2 saturated heterocycles. The van der Waals surface area contributed by atoms with Crippen LogP contribution >= 0.6 is 11.8 Å². The summed E-state index contributed by atoms with van der Waals surface area (Å²) in [5.74, 6) is 1.31. The molecule has 2 aromatic carbocycles. The third-order valence-corrected chi connectivity index (χ3v) is 7.78. The maximum absolute atomic E-state index is 13.1. The van der Waals surface area contributed by atoms with Gasteiger partial charge in [-0.25, -0.2) is 0 Å². The van der Waals surface area contributed by atoms with E-state index in [0.29, 0.717) is 24.4 Å². The van der Waals surface area contributed by atoms with Crippen molar-refractivity contribution >= 4 is 23.6 Å². The molecule has 3 aromatic rings. The molecule has 0 aliphatic carbocycles. The van der Waals surface area contributed by atoms with E-state index in [4.69, 9.17) is 4.42 Å². The second-order valence-corrected chi connectivity index (χ2v) is 9.42. The number of nitrogens with zero attached hydrogens (tertiary/aromatic N) is 2. The Bertz CT molecular complexity index is 1060. The van der Waals surface area contributed by atoms with Crippen LogP contribution in [0, 0.1) is 0 Å². The lowest BCUT2D eigenvalue weighted by Crippen LogP contribution is -2.53. The Labute approximate surface area is 186 Å². The summed E-state index contributed by atoms with van der Waals surface area (Å²) in [5, 5.41) is 0. The van der Waals surface area contributed by atoms with Gasteiger partial charge in [-0.1, -0.05) is 42.5 Å². The summed E-state index contributed by atoms with van der Waals surface area (Å²) in [6, 6.07) is 21.4. The van der Waals surface area contributed by atoms with Crippen molar-refractivity contribution in [2.75, 3.05) is 25.4 Å². The van der Waals surface area contributed by atoms with Crippen LogP contribution in [-0.4, -0.2) is 51.9 Å². The highest BCUT2D eigenvalue weighted by Gasteiger charge is 2.47.